The smallest absolute Gasteiger partial charge is 0.226 e. The maximum atomic E-state index is 6.68. The van der Waals surface area contributed by atoms with E-state index in [2.05, 4.69) is 52.0 Å². The van der Waals surface area contributed by atoms with E-state index in [1.165, 1.54) is 4.88 Å². The van der Waals surface area contributed by atoms with Gasteiger partial charge in [-0.05, 0) is 42.6 Å². The summed E-state index contributed by atoms with van der Waals surface area (Å²) in [6.45, 7) is 2.09. The first-order valence-corrected chi connectivity index (χ1v) is 11.5. The standard InChI is InChI=1S/C25H22N4O3S/c1-14-6-8-17-16(11-14)22-21(24(32-17)15-7-9-18(30-2)19(12-15)31-3)23(20-5-4-10-33-20)29-25(28-22)26-13-27-29/h4-13,23-24H,1-3H3,(H,26,27,28)/t23-,24-/m0/s1. The quantitative estimate of drug-likeness (QED) is 0.452. The molecule has 0 fully saturated rings. The van der Waals surface area contributed by atoms with Crippen molar-refractivity contribution in [2.45, 2.75) is 19.1 Å². The van der Waals surface area contributed by atoms with E-state index in [0.717, 1.165) is 33.7 Å². The molecule has 8 heteroatoms. The molecule has 6 rings (SSSR count). The van der Waals surface area contributed by atoms with Crippen molar-refractivity contribution >= 4 is 23.0 Å². The van der Waals surface area contributed by atoms with Crippen LogP contribution in [0, 0.1) is 6.92 Å². The lowest BCUT2D eigenvalue weighted by atomic mass is 9.86. The van der Waals surface area contributed by atoms with Crippen LogP contribution in [0.25, 0.3) is 5.70 Å². The van der Waals surface area contributed by atoms with Crippen LogP contribution in [-0.4, -0.2) is 29.0 Å². The van der Waals surface area contributed by atoms with Gasteiger partial charge in [0.25, 0.3) is 0 Å². The molecule has 4 heterocycles. The number of anilines is 1. The first-order valence-electron chi connectivity index (χ1n) is 10.6. The maximum absolute atomic E-state index is 6.68. The maximum Gasteiger partial charge on any atom is 0.226 e. The van der Waals surface area contributed by atoms with Gasteiger partial charge in [-0.3, -0.25) is 0 Å². The SMILES string of the molecule is COc1ccc([C@@H]2Oc3ccc(C)cc3C3=C2[C@H](c2cccs2)n2ncnc2N3)cc1OC. The van der Waals surface area contributed by atoms with Crippen molar-refractivity contribution in [3.8, 4) is 17.2 Å². The summed E-state index contributed by atoms with van der Waals surface area (Å²) in [7, 11) is 3.28. The molecule has 2 aliphatic rings. The first kappa shape index (κ1) is 19.9. The number of ether oxygens (including phenoxy) is 3. The number of nitrogens with zero attached hydrogens (tertiary/aromatic N) is 3. The van der Waals surface area contributed by atoms with Crippen LogP contribution >= 0.6 is 11.3 Å². The molecule has 2 aromatic heterocycles. The number of hydrogen-bond acceptors (Lipinski definition) is 7. The Morgan fingerprint density at radius 3 is 2.73 bits per heavy atom. The van der Waals surface area contributed by atoms with Crippen molar-refractivity contribution in [2.75, 3.05) is 19.5 Å². The minimum atomic E-state index is -0.355. The lowest BCUT2D eigenvalue weighted by Gasteiger charge is -2.38. The third-order valence-electron chi connectivity index (χ3n) is 6.09. The Balaban J connectivity index is 1.61. The van der Waals surface area contributed by atoms with Gasteiger partial charge in [0.1, 0.15) is 24.2 Å². The number of nitrogens with one attached hydrogen (secondary N) is 1. The molecule has 0 aliphatic carbocycles. The van der Waals surface area contributed by atoms with E-state index in [-0.39, 0.29) is 12.1 Å². The Hall–Kier alpha value is -3.78. The summed E-state index contributed by atoms with van der Waals surface area (Å²) in [6, 6.07) is 16.2. The van der Waals surface area contributed by atoms with Crippen LogP contribution in [0.3, 0.4) is 0 Å². The second-order valence-electron chi connectivity index (χ2n) is 8.01. The topological polar surface area (TPSA) is 70.4 Å². The molecule has 0 unspecified atom stereocenters. The van der Waals surface area contributed by atoms with E-state index in [0.29, 0.717) is 17.4 Å². The van der Waals surface area contributed by atoms with Gasteiger partial charge in [0.2, 0.25) is 5.95 Å². The molecule has 1 N–H and O–H groups in total. The Kier molecular flexibility index (Phi) is 4.62. The van der Waals surface area contributed by atoms with Crippen LogP contribution in [-0.2, 0) is 0 Å². The average Bonchev–Trinajstić information content (AvgIpc) is 3.54. The van der Waals surface area contributed by atoms with E-state index >= 15 is 0 Å². The van der Waals surface area contributed by atoms with Crippen LogP contribution in [0.1, 0.15) is 33.7 Å². The monoisotopic (exact) mass is 458 g/mol. The summed E-state index contributed by atoms with van der Waals surface area (Å²) in [5, 5.41) is 10.2. The molecular formula is C25H22N4O3S. The van der Waals surface area contributed by atoms with E-state index in [1.807, 2.05) is 28.9 Å². The van der Waals surface area contributed by atoms with Gasteiger partial charge in [0.05, 0.1) is 19.9 Å². The number of hydrogen-bond donors (Lipinski definition) is 1. The molecule has 33 heavy (non-hydrogen) atoms. The highest BCUT2D eigenvalue weighted by Crippen LogP contribution is 2.51. The fourth-order valence-corrected chi connectivity index (χ4v) is 5.42. The van der Waals surface area contributed by atoms with Crippen molar-refractivity contribution in [3.05, 3.63) is 87.4 Å². The summed E-state index contributed by atoms with van der Waals surface area (Å²) < 4.78 is 19.7. The Bertz CT molecular complexity index is 1380. The summed E-state index contributed by atoms with van der Waals surface area (Å²) in [4.78, 5) is 5.65. The fourth-order valence-electron chi connectivity index (χ4n) is 4.59. The molecule has 0 amide bonds. The van der Waals surface area contributed by atoms with Gasteiger partial charge in [-0.25, -0.2) is 4.68 Å². The van der Waals surface area contributed by atoms with E-state index in [1.54, 1.807) is 31.9 Å². The lowest BCUT2D eigenvalue weighted by molar-refractivity contribution is 0.222. The molecular weight excluding hydrogens is 436 g/mol. The number of rotatable bonds is 4. The van der Waals surface area contributed by atoms with Crippen molar-refractivity contribution in [2.24, 2.45) is 0 Å². The van der Waals surface area contributed by atoms with Gasteiger partial charge in [-0.15, -0.1) is 11.3 Å². The van der Waals surface area contributed by atoms with Gasteiger partial charge < -0.3 is 19.5 Å². The third-order valence-corrected chi connectivity index (χ3v) is 7.02. The van der Waals surface area contributed by atoms with Crippen molar-refractivity contribution in [3.63, 3.8) is 0 Å². The summed E-state index contributed by atoms with van der Waals surface area (Å²) >= 11 is 1.70. The molecule has 0 saturated heterocycles. The molecule has 166 valence electrons. The van der Waals surface area contributed by atoms with Crippen molar-refractivity contribution in [1.29, 1.82) is 0 Å². The third kappa shape index (κ3) is 3.09. The highest BCUT2D eigenvalue weighted by Gasteiger charge is 2.41. The van der Waals surface area contributed by atoms with Crippen molar-refractivity contribution in [1.82, 2.24) is 14.8 Å². The molecule has 7 nitrogen and oxygen atoms in total. The number of thiophene rings is 1. The normalized spacial score (nSPS) is 18.5. The molecule has 0 spiro atoms. The number of aryl methyl sites for hydroxylation is 1. The average molecular weight is 459 g/mol. The van der Waals surface area contributed by atoms with E-state index < -0.39 is 0 Å². The number of methoxy groups -OCH3 is 2. The highest BCUT2D eigenvalue weighted by atomic mass is 32.1. The lowest BCUT2D eigenvalue weighted by Crippen LogP contribution is -2.32. The Labute approximate surface area is 195 Å². The number of aromatic nitrogens is 3. The van der Waals surface area contributed by atoms with Crippen LogP contribution in [0.4, 0.5) is 5.95 Å². The number of benzene rings is 2. The molecule has 2 aliphatic heterocycles. The van der Waals surface area contributed by atoms with Gasteiger partial charge in [0.15, 0.2) is 11.5 Å². The molecule has 2 aromatic carbocycles. The predicted molar refractivity (Wildman–Crippen MR) is 127 cm³/mol. The van der Waals surface area contributed by atoms with Gasteiger partial charge in [0, 0.05) is 21.6 Å². The fraction of sp³-hybridized carbons (Fsp3) is 0.200. The zero-order valence-corrected chi connectivity index (χ0v) is 19.2. The molecule has 0 bridgehead atoms. The Morgan fingerprint density at radius 1 is 1.06 bits per heavy atom. The van der Waals surface area contributed by atoms with Crippen LogP contribution in [0.5, 0.6) is 17.2 Å². The summed E-state index contributed by atoms with van der Waals surface area (Å²) in [5.74, 6) is 2.88. The summed E-state index contributed by atoms with van der Waals surface area (Å²) in [5.41, 5.74) is 5.26. The van der Waals surface area contributed by atoms with Crippen LogP contribution in [0.15, 0.2) is 65.8 Å². The van der Waals surface area contributed by atoms with Gasteiger partial charge in [-0.1, -0.05) is 23.8 Å². The summed E-state index contributed by atoms with van der Waals surface area (Å²) in [6.07, 6.45) is 1.23. The van der Waals surface area contributed by atoms with Crippen LogP contribution in [0.2, 0.25) is 0 Å². The first-order chi connectivity index (χ1) is 16.2. The molecule has 4 aromatic rings. The van der Waals surface area contributed by atoms with E-state index in [4.69, 9.17) is 14.2 Å². The molecule has 2 atom stereocenters. The van der Waals surface area contributed by atoms with Crippen LogP contribution < -0.4 is 19.5 Å². The Morgan fingerprint density at radius 2 is 1.94 bits per heavy atom. The highest BCUT2D eigenvalue weighted by molar-refractivity contribution is 7.10. The largest absolute Gasteiger partial charge is 0.493 e. The van der Waals surface area contributed by atoms with Gasteiger partial charge >= 0.3 is 0 Å². The molecule has 0 saturated carbocycles. The number of fused-ring (bicyclic) bond motifs is 3. The van der Waals surface area contributed by atoms with E-state index in [9.17, 15) is 0 Å². The van der Waals surface area contributed by atoms with Gasteiger partial charge in [-0.2, -0.15) is 10.1 Å². The second-order valence-corrected chi connectivity index (χ2v) is 8.99. The second kappa shape index (κ2) is 7.67. The minimum absolute atomic E-state index is 0.148. The zero-order valence-electron chi connectivity index (χ0n) is 18.4. The molecule has 0 radical (unpaired) electrons. The zero-order chi connectivity index (χ0) is 22.5. The predicted octanol–water partition coefficient (Wildman–Crippen LogP) is 5.23. The van der Waals surface area contributed by atoms with Crippen molar-refractivity contribution < 1.29 is 14.2 Å². The minimum Gasteiger partial charge on any atom is -0.493 e.